The number of carbonyl (C=O) groups excluding carboxylic acids is 1. The first-order valence-electron chi connectivity index (χ1n) is 2.45. The molecule has 0 aromatic rings. The number of methoxy groups -OCH3 is 1. The minimum absolute atomic E-state index is 0. The number of carbonyl (C=O) groups is 1. The Morgan fingerprint density at radius 1 is 1.56 bits per heavy atom. The third-order valence-electron chi connectivity index (χ3n) is 0.568. The van der Waals surface area contributed by atoms with E-state index < -0.39 is 0 Å². The molecule has 0 bridgehead atoms. The monoisotopic (exact) mass is 182 g/mol. The Bertz CT molecular complexity index is 66.6. The molecule has 50 valence electrons. The molecular weight excluding hydrogens is 173 g/mol. The molecule has 4 heteroatoms. The summed E-state index contributed by atoms with van der Waals surface area (Å²) >= 11 is 0. The van der Waals surface area contributed by atoms with Crippen LogP contribution in [-0.2, 0) is 33.7 Å². The summed E-state index contributed by atoms with van der Waals surface area (Å²) in [5, 5.41) is 0. The summed E-state index contributed by atoms with van der Waals surface area (Å²) < 4.78 is 9.00. The molecule has 0 amide bonds. The maximum absolute atomic E-state index is 10.3. The molecule has 9 heavy (non-hydrogen) atoms. The Labute approximate surface area is 67.5 Å². The van der Waals surface area contributed by atoms with Crippen LogP contribution in [-0.4, -0.2) is 26.3 Å². The van der Waals surface area contributed by atoms with Crippen LogP contribution in [0.2, 0.25) is 0 Å². The number of ether oxygens (including phenoxy) is 2. The van der Waals surface area contributed by atoms with Crippen LogP contribution in [0, 0.1) is 0 Å². The molecule has 3 nitrogen and oxygen atoms in total. The van der Waals surface area contributed by atoms with E-state index >= 15 is 0 Å². The van der Waals surface area contributed by atoms with E-state index in [-0.39, 0.29) is 32.1 Å². The van der Waals surface area contributed by atoms with Crippen molar-refractivity contribution in [3.05, 3.63) is 0 Å². The fraction of sp³-hybridized carbons (Fsp3) is 0.800. The predicted octanol–water partition coefficient (Wildman–Crippen LogP) is 0.193. The first-order valence-corrected chi connectivity index (χ1v) is 2.45. The SMILES string of the molecule is CCOC(=O)COC.[Zn]. The fourth-order valence-corrected chi connectivity index (χ4v) is 0.321. The Morgan fingerprint density at radius 3 is 2.44 bits per heavy atom. The van der Waals surface area contributed by atoms with Gasteiger partial charge >= 0.3 is 5.97 Å². The number of rotatable bonds is 3. The van der Waals surface area contributed by atoms with Crippen molar-refractivity contribution in [3.8, 4) is 0 Å². The van der Waals surface area contributed by atoms with Gasteiger partial charge in [0.25, 0.3) is 0 Å². The van der Waals surface area contributed by atoms with Crippen molar-refractivity contribution in [2.45, 2.75) is 6.92 Å². The first kappa shape index (κ1) is 11.8. The van der Waals surface area contributed by atoms with E-state index in [1.165, 1.54) is 7.11 Å². The second-order valence-electron chi connectivity index (χ2n) is 1.24. The van der Waals surface area contributed by atoms with Crippen LogP contribution in [0.15, 0.2) is 0 Å². The van der Waals surface area contributed by atoms with Gasteiger partial charge in [-0.05, 0) is 6.92 Å². The fourth-order valence-electron chi connectivity index (χ4n) is 0.321. The molecule has 0 aromatic heterocycles. The van der Waals surface area contributed by atoms with Crippen LogP contribution in [0.1, 0.15) is 6.92 Å². The van der Waals surface area contributed by atoms with Crippen LogP contribution in [0.5, 0.6) is 0 Å². The molecule has 0 aliphatic carbocycles. The largest absolute Gasteiger partial charge is 0.464 e. The zero-order chi connectivity index (χ0) is 6.41. The van der Waals surface area contributed by atoms with Crippen molar-refractivity contribution in [3.63, 3.8) is 0 Å². The Kier molecular flexibility index (Phi) is 10.6. The first-order chi connectivity index (χ1) is 3.81. The average molecular weight is 184 g/mol. The molecule has 0 unspecified atom stereocenters. The number of hydrogen-bond acceptors (Lipinski definition) is 3. The summed E-state index contributed by atoms with van der Waals surface area (Å²) in [6.45, 7) is 2.23. The van der Waals surface area contributed by atoms with E-state index in [0.29, 0.717) is 6.61 Å². The zero-order valence-corrected chi connectivity index (χ0v) is 8.81. The molecule has 0 spiro atoms. The van der Waals surface area contributed by atoms with E-state index in [9.17, 15) is 4.79 Å². The van der Waals surface area contributed by atoms with E-state index in [1.807, 2.05) is 0 Å². The topological polar surface area (TPSA) is 35.5 Å². The van der Waals surface area contributed by atoms with E-state index in [1.54, 1.807) is 6.92 Å². The Hall–Kier alpha value is 0.0534. The van der Waals surface area contributed by atoms with Crippen LogP contribution in [0.3, 0.4) is 0 Å². The normalized spacial score (nSPS) is 7.78. The third-order valence-corrected chi connectivity index (χ3v) is 0.568. The van der Waals surface area contributed by atoms with Gasteiger partial charge in [-0.1, -0.05) is 0 Å². The van der Waals surface area contributed by atoms with Gasteiger partial charge in [0.15, 0.2) is 0 Å². The average Bonchev–Trinajstić information content (AvgIpc) is 1.68. The van der Waals surface area contributed by atoms with Gasteiger partial charge in [0.05, 0.1) is 6.61 Å². The number of esters is 1. The quantitative estimate of drug-likeness (QED) is 0.463. The van der Waals surface area contributed by atoms with Crippen LogP contribution in [0.4, 0.5) is 0 Å². The molecule has 0 saturated carbocycles. The summed E-state index contributed by atoms with van der Waals surface area (Å²) in [4.78, 5) is 10.3. The summed E-state index contributed by atoms with van der Waals surface area (Å²) in [6.07, 6.45) is 0. The molecule has 0 fully saturated rings. The molecule has 0 heterocycles. The van der Waals surface area contributed by atoms with Gasteiger partial charge in [-0.3, -0.25) is 0 Å². The summed E-state index contributed by atoms with van der Waals surface area (Å²) in [7, 11) is 1.46. The summed E-state index contributed by atoms with van der Waals surface area (Å²) in [6, 6.07) is 0. The van der Waals surface area contributed by atoms with Gasteiger partial charge in [-0.2, -0.15) is 0 Å². The maximum atomic E-state index is 10.3. The standard InChI is InChI=1S/C5H10O3.Zn/c1-3-8-5(6)4-7-2;/h3-4H2,1-2H3;. The van der Waals surface area contributed by atoms with Crippen molar-refractivity contribution in [1.82, 2.24) is 0 Å². The Balaban J connectivity index is 0. The van der Waals surface area contributed by atoms with Crippen molar-refractivity contribution in [1.29, 1.82) is 0 Å². The maximum Gasteiger partial charge on any atom is 0.332 e. The molecule has 0 radical (unpaired) electrons. The van der Waals surface area contributed by atoms with E-state index in [4.69, 9.17) is 0 Å². The molecule has 0 aliphatic rings. The van der Waals surface area contributed by atoms with Crippen LogP contribution >= 0.6 is 0 Å². The molecular formula is C5H10O3Zn. The van der Waals surface area contributed by atoms with Crippen LogP contribution in [0.25, 0.3) is 0 Å². The van der Waals surface area contributed by atoms with Crippen molar-refractivity contribution >= 4 is 5.97 Å². The second-order valence-corrected chi connectivity index (χ2v) is 1.24. The van der Waals surface area contributed by atoms with Gasteiger partial charge < -0.3 is 9.47 Å². The van der Waals surface area contributed by atoms with Crippen molar-refractivity contribution < 1.29 is 33.7 Å². The number of hydrogen-bond donors (Lipinski definition) is 0. The minimum atomic E-state index is -0.310. The minimum Gasteiger partial charge on any atom is -0.464 e. The molecule has 0 saturated heterocycles. The van der Waals surface area contributed by atoms with Gasteiger partial charge in [-0.15, -0.1) is 0 Å². The second kappa shape index (κ2) is 8.05. The van der Waals surface area contributed by atoms with Crippen molar-refractivity contribution in [2.24, 2.45) is 0 Å². The molecule has 0 aromatic carbocycles. The third kappa shape index (κ3) is 8.05. The molecule has 0 atom stereocenters. The van der Waals surface area contributed by atoms with Gasteiger partial charge in [-0.25, -0.2) is 4.79 Å². The van der Waals surface area contributed by atoms with Crippen LogP contribution < -0.4 is 0 Å². The predicted molar refractivity (Wildman–Crippen MR) is 28.5 cm³/mol. The van der Waals surface area contributed by atoms with E-state index in [2.05, 4.69) is 9.47 Å². The molecule has 0 N–H and O–H groups in total. The Morgan fingerprint density at radius 2 is 2.11 bits per heavy atom. The molecule has 0 aliphatic heterocycles. The van der Waals surface area contributed by atoms with Crippen molar-refractivity contribution in [2.75, 3.05) is 20.3 Å². The van der Waals surface area contributed by atoms with Gasteiger partial charge in [0.1, 0.15) is 6.61 Å². The zero-order valence-electron chi connectivity index (χ0n) is 5.85. The summed E-state index contributed by atoms with van der Waals surface area (Å²) in [5.74, 6) is -0.310. The smallest absolute Gasteiger partial charge is 0.332 e. The van der Waals surface area contributed by atoms with E-state index in [0.717, 1.165) is 0 Å². The molecule has 0 rings (SSSR count). The van der Waals surface area contributed by atoms with Gasteiger partial charge in [0.2, 0.25) is 0 Å². The summed E-state index contributed by atoms with van der Waals surface area (Å²) in [5.41, 5.74) is 0. The van der Waals surface area contributed by atoms with Gasteiger partial charge in [0, 0.05) is 26.6 Å².